The van der Waals surface area contributed by atoms with Crippen molar-refractivity contribution >= 4 is 21.4 Å². The van der Waals surface area contributed by atoms with E-state index in [4.69, 9.17) is 5.73 Å². The monoisotopic (exact) mass is 299 g/mol. The van der Waals surface area contributed by atoms with Crippen LogP contribution < -0.4 is 10.5 Å². The lowest BCUT2D eigenvalue weighted by Crippen LogP contribution is -2.16. The van der Waals surface area contributed by atoms with Gasteiger partial charge >= 0.3 is 0 Å². The Bertz CT molecular complexity index is 763. The molecular weight excluding hydrogens is 288 g/mol. The van der Waals surface area contributed by atoms with Crippen LogP contribution in [0.5, 0.6) is 0 Å². The zero-order valence-corrected chi connectivity index (χ0v) is 11.2. The number of hydrogen-bond acceptors (Lipinski definition) is 4. The number of nitrogens with two attached hydrogens (primary N) is 1. The van der Waals surface area contributed by atoms with Crippen molar-refractivity contribution in [2.75, 3.05) is 10.5 Å². The largest absolute Gasteiger partial charge is 0.399 e. The molecule has 0 atom stereocenters. The highest BCUT2D eigenvalue weighted by molar-refractivity contribution is 7.92. The number of benzene rings is 1. The number of halogens is 2. The fourth-order valence-corrected chi connectivity index (χ4v) is 2.87. The number of nitrogens with zero attached hydrogens (tertiary/aromatic N) is 1. The van der Waals surface area contributed by atoms with Crippen LogP contribution in [-0.4, -0.2) is 13.4 Å². The molecule has 0 saturated carbocycles. The van der Waals surface area contributed by atoms with Crippen molar-refractivity contribution in [3.63, 3.8) is 0 Å². The van der Waals surface area contributed by atoms with E-state index in [0.29, 0.717) is 0 Å². The zero-order chi connectivity index (χ0) is 14.9. The van der Waals surface area contributed by atoms with Gasteiger partial charge in [-0.1, -0.05) is 0 Å². The Morgan fingerprint density at radius 3 is 2.65 bits per heavy atom. The second-order valence-electron chi connectivity index (χ2n) is 4.11. The maximum Gasteiger partial charge on any atom is 0.264 e. The standard InChI is InChI=1S/C12H11F2N3O2S/c1-7-4-8(15)5-11(12(7)14)20(18,19)17-10-2-3-16-6-9(10)13/h2-6H,15H2,1H3,(H,16,17). The summed E-state index contributed by atoms with van der Waals surface area (Å²) in [5.74, 6) is -1.79. The average Bonchev–Trinajstić information content (AvgIpc) is 2.36. The highest BCUT2D eigenvalue weighted by atomic mass is 32.2. The van der Waals surface area contributed by atoms with Crippen LogP contribution in [0, 0.1) is 18.6 Å². The second-order valence-corrected chi connectivity index (χ2v) is 5.76. The molecule has 0 amide bonds. The summed E-state index contributed by atoms with van der Waals surface area (Å²) in [7, 11) is -4.28. The maximum absolute atomic E-state index is 13.9. The average molecular weight is 299 g/mol. The van der Waals surface area contributed by atoms with Gasteiger partial charge in [-0.25, -0.2) is 17.2 Å². The minimum absolute atomic E-state index is 0.0839. The molecule has 20 heavy (non-hydrogen) atoms. The van der Waals surface area contributed by atoms with E-state index in [1.165, 1.54) is 19.2 Å². The van der Waals surface area contributed by atoms with E-state index in [9.17, 15) is 17.2 Å². The van der Waals surface area contributed by atoms with Gasteiger partial charge in [0.15, 0.2) is 5.82 Å². The Morgan fingerprint density at radius 1 is 1.30 bits per heavy atom. The van der Waals surface area contributed by atoms with Crippen LogP contribution in [0.4, 0.5) is 20.2 Å². The molecule has 0 fully saturated rings. The molecule has 2 rings (SSSR count). The SMILES string of the molecule is Cc1cc(N)cc(S(=O)(=O)Nc2ccncc2F)c1F. The molecule has 8 heteroatoms. The minimum Gasteiger partial charge on any atom is -0.399 e. The van der Waals surface area contributed by atoms with Gasteiger partial charge in [-0.3, -0.25) is 9.71 Å². The Morgan fingerprint density at radius 2 is 2.00 bits per heavy atom. The number of nitrogens with one attached hydrogen (secondary N) is 1. The van der Waals surface area contributed by atoms with Gasteiger partial charge < -0.3 is 5.73 Å². The summed E-state index contributed by atoms with van der Waals surface area (Å²) >= 11 is 0. The number of sulfonamides is 1. The molecule has 2 aromatic rings. The molecule has 1 aromatic carbocycles. The summed E-state index contributed by atoms with van der Waals surface area (Å²) in [5.41, 5.74) is 5.37. The number of pyridine rings is 1. The van der Waals surface area contributed by atoms with Gasteiger partial charge in [-0.15, -0.1) is 0 Å². The van der Waals surface area contributed by atoms with Gasteiger partial charge in [-0.2, -0.15) is 0 Å². The van der Waals surface area contributed by atoms with E-state index < -0.39 is 26.6 Å². The third-order valence-corrected chi connectivity index (χ3v) is 3.91. The van der Waals surface area contributed by atoms with E-state index in [1.54, 1.807) is 0 Å². The second kappa shape index (κ2) is 5.04. The van der Waals surface area contributed by atoms with Crippen LogP contribution in [0.25, 0.3) is 0 Å². The van der Waals surface area contributed by atoms with Crippen molar-refractivity contribution in [2.24, 2.45) is 0 Å². The first kappa shape index (κ1) is 14.2. The molecule has 106 valence electrons. The molecule has 0 aliphatic rings. The van der Waals surface area contributed by atoms with E-state index in [-0.39, 0.29) is 16.9 Å². The van der Waals surface area contributed by atoms with Gasteiger partial charge in [-0.05, 0) is 30.7 Å². The predicted molar refractivity (Wildman–Crippen MR) is 70.6 cm³/mol. The first-order valence-electron chi connectivity index (χ1n) is 5.49. The maximum atomic E-state index is 13.9. The Labute approximate surface area is 114 Å². The molecule has 1 aromatic heterocycles. The van der Waals surface area contributed by atoms with Crippen molar-refractivity contribution in [2.45, 2.75) is 11.8 Å². The van der Waals surface area contributed by atoms with Crippen molar-refractivity contribution in [3.8, 4) is 0 Å². The highest BCUT2D eigenvalue weighted by Gasteiger charge is 2.22. The van der Waals surface area contributed by atoms with Gasteiger partial charge in [0.1, 0.15) is 10.7 Å². The molecule has 0 spiro atoms. The molecule has 0 saturated heterocycles. The number of aryl methyl sites for hydroxylation is 1. The third-order valence-electron chi connectivity index (χ3n) is 2.55. The summed E-state index contributed by atoms with van der Waals surface area (Å²) in [5, 5.41) is 0. The van der Waals surface area contributed by atoms with Crippen LogP contribution in [0.15, 0.2) is 35.5 Å². The van der Waals surface area contributed by atoms with E-state index in [1.807, 2.05) is 4.72 Å². The van der Waals surface area contributed by atoms with Crippen molar-refractivity contribution in [3.05, 3.63) is 47.8 Å². The van der Waals surface area contributed by atoms with Gasteiger partial charge in [0.05, 0.1) is 11.9 Å². The highest BCUT2D eigenvalue weighted by Crippen LogP contribution is 2.24. The molecule has 1 heterocycles. The van der Waals surface area contributed by atoms with Crippen molar-refractivity contribution < 1.29 is 17.2 Å². The Kier molecular flexibility index (Phi) is 3.58. The first-order chi connectivity index (χ1) is 9.31. The summed E-state index contributed by atoms with van der Waals surface area (Å²) in [6.45, 7) is 1.39. The van der Waals surface area contributed by atoms with Crippen molar-refractivity contribution in [1.82, 2.24) is 4.98 Å². The fourth-order valence-electron chi connectivity index (χ4n) is 1.62. The molecule has 3 N–H and O–H groups in total. The predicted octanol–water partition coefficient (Wildman–Crippen LogP) is 2.05. The van der Waals surface area contributed by atoms with Gasteiger partial charge in [0, 0.05) is 11.9 Å². The summed E-state index contributed by atoms with van der Waals surface area (Å²) < 4.78 is 53.4. The number of rotatable bonds is 3. The summed E-state index contributed by atoms with van der Waals surface area (Å²) in [6.07, 6.45) is 2.06. The number of aromatic nitrogens is 1. The Balaban J connectivity index is 2.49. The van der Waals surface area contributed by atoms with Gasteiger partial charge in [0.25, 0.3) is 10.0 Å². The molecule has 0 unspecified atom stereocenters. The quantitative estimate of drug-likeness (QED) is 0.849. The van der Waals surface area contributed by atoms with E-state index in [0.717, 1.165) is 18.3 Å². The molecule has 5 nitrogen and oxygen atoms in total. The van der Waals surface area contributed by atoms with Gasteiger partial charge in [0.2, 0.25) is 0 Å². The first-order valence-corrected chi connectivity index (χ1v) is 6.97. The van der Waals surface area contributed by atoms with E-state index in [2.05, 4.69) is 4.98 Å². The third kappa shape index (κ3) is 2.69. The molecule has 0 aliphatic heterocycles. The molecular formula is C12H11F2N3O2S. The number of hydrogen-bond donors (Lipinski definition) is 2. The number of nitrogen functional groups attached to an aromatic ring is 1. The number of anilines is 2. The van der Waals surface area contributed by atoms with Crippen molar-refractivity contribution in [1.29, 1.82) is 0 Å². The fraction of sp³-hybridized carbons (Fsp3) is 0.0833. The Hall–Kier alpha value is -2.22. The lowest BCUT2D eigenvalue weighted by Gasteiger charge is -2.11. The summed E-state index contributed by atoms with van der Waals surface area (Å²) in [6, 6.07) is 3.41. The normalized spacial score (nSPS) is 11.3. The molecule has 0 aliphatic carbocycles. The lowest BCUT2D eigenvalue weighted by atomic mass is 10.2. The van der Waals surface area contributed by atoms with Crippen LogP contribution in [0.2, 0.25) is 0 Å². The van der Waals surface area contributed by atoms with Crippen LogP contribution >= 0.6 is 0 Å². The van der Waals surface area contributed by atoms with E-state index >= 15 is 0 Å². The minimum atomic E-state index is -4.28. The van der Waals surface area contributed by atoms with Crippen LogP contribution in [-0.2, 0) is 10.0 Å². The van der Waals surface area contributed by atoms with Crippen LogP contribution in [0.3, 0.4) is 0 Å². The molecule has 0 radical (unpaired) electrons. The van der Waals surface area contributed by atoms with Crippen LogP contribution in [0.1, 0.15) is 5.56 Å². The smallest absolute Gasteiger partial charge is 0.264 e. The molecule has 0 bridgehead atoms. The summed E-state index contributed by atoms with van der Waals surface area (Å²) in [4.78, 5) is 2.86. The zero-order valence-electron chi connectivity index (χ0n) is 10.4. The topological polar surface area (TPSA) is 85.1 Å². The lowest BCUT2D eigenvalue weighted by molar-refractivity contribution is 0.564.